The summed E-state index contributed by atoms with van der Waals surface area (Å²) in [5.74, 6) is -0.392. The van der Waals surface area contributed by atoms with Crippen molar-refractivity contribution in [2.45, 2.75) is 25.3 Å². The lowest BCUT2D eigenvalue weighted by Gasteiger charge is -2.27. The van der Waals surface area contributed by atoms with Crippen LogP contribution in [-0.2, 0) is 0 Å². The largest absolute Gasteiger partial charge is 0.478 e. The van der Waals surface area contributed by atoms with Gasteiger partial charge < -0.3 is 10.0 Å². The molecule has 1 unspecified atom stereocenters. The molecule has 3 heterocycles. The van der Waals surface area contributed by atoms with Gasteiger partial charge in [-0.25, -0.2) is 9.78 Å². The molecule has 0 radical (unpaired) electrons. The van der Waals surface area contributed by atoms with Crippen LogP contribution in [0.4, 0.5) is 5.82 Å². The van der Waals surface area contributed by atoms with Crippen LogP contribution in [0.1, 0.15) is 29.6 Å². The summed E-state index contributed by atoms with van der Waals surface area (Å²) in [4.78, 5) is 20.1. The maximum absolute atomic E-state index is 11.2. The van der Waals surface area contributed by atoms with E-state index in [1.54, 1.807) is 0 Å². The average Bonchev–Trinajstić information content (AvgIpc) is 2.76. The molecule has 1 aromatic rings. The highest BCUT2D eigenvalue weighted by Gasteiger charge is 2.30. The van der Waals surface area contributed by atoms with E-state index in [1.807, 2.05) is 0 Å². The van der Waals surface area contributed by atoms with Gasteiger partial charge in [-0.15, -0.1) is 0 Å². The first-order valence-electron chi connectivity index (χ1n) is 7.03. The Morgan fingerprint density at radius 2 is 2.15 bits per heavy atom. The van der Waals surface area contributed by atoms with Crippen molar-refractivity contribution in [1.29, 1.82) is 0 Å². The van der Waals surface area contributed by atoms with Gasteiger partial charge in [0.05, 0.1) is 10.6 Å². The molecule has 108 valence electrons. The van der Waals surface area contributed by atoms with E-state index >= 15 is 0 Å². The zero-order valence-electron chi connectivity index (χ0n) is 11.3. The van der Waals surface area contributed by atoms with Crippen LogP contribution in [0.15, 0.2) is 12.3 Å². The van der Waals surface area contributed by atoms with Gasteiger partial charge in [0, 0.05) is 31.9 Å². The molecule has 0 saturated carbocycles. The lowest BCUT2D eigenvalue weighted by molar-refractivity contribution is 0.0697. The summed E-state index contributed by atoms with van der Waals surface area (Å²) in [6, 6.07) is 2.00. The van der Waals surface area contributed by atoms with Crippen molar-refractivity contribution in [2.24, 2.45) is 0 Å². The molecule has 5 nitrogen and oxygen atoms in total. The number of pyridine rings is 1. The van der Waals surface area contributed by atoms with Crippen molar-refractivity contribution in [3.8, 4) is 0 Å². The summed E-state index contributed by atoms with van der Waals surface area (Å²) in [5, 5.41) is 9.41. The van der Waals surface area contributed by atoms with Crippen LogP contribution >= 0.6 is 11.6 Å². The molecule has 3 rings (SSSR count). The molecule has 6 heteroatoms. The average molecular weight is 296 g/mol. The Kier molecular flexibility index (Phi) is 3.81. The molecule has 2 fully saturated rings. The first-order valence-corrected chi connectivity index (χ1v) is 7.41. The summed E-state index contributed by atoms with van der Waals surface area (Å²) in [7, 11) is 0. The van der Waals surface area contributed by atoms with E-state index in [1.165, 1.54) is 31.6 Å². The van der Waals surface area contributed by atoms with Crippen LogP contribution in [-0.4, -0.2) is 53.2 Å². The maximum Gasteiger partial charge on any atom is 0.337 e. The minimum absolute atomic E-state index is 0.129. The van der Waals surface area contributed by atoms with Crippen molar-refractivity contribution >= 4 is 23.4 Å². The zero-order valence-corrected chi connectivity index (χ0v) is 12.0. The number of halogens is 1. The van der Waals surface area contributed by atoms with Crippen LogP contribution in [0.3, 0.4) is 0 Å². The number of nitrogens with zero attached hydrogens (tertiary/aromatic N) is 3. The number of aromatic nitrogens is 1. The fourth-order valence-electron chi connectivity index (χ4n) is 3.22. The second-order valence-corrected chi connectivity index (χ2v) is 5.81. The number of carbonyl (C=O) groups is 1. The Morgan fingerprint density at radius 1 is 1.35 bits per heavy atom. The lowest BCUT2D eigenvalue weighted by Crippen LogP contribution is -2.37. The predicted octanol–water partition coefficient (Wildman–Crippen LogP) is 2.11. The van der Waals surface area contributed by atoms with Gasteiger partial charge in [-0.3, -0.25) is 4.90 Å². The second kappa shape index (κ2) is 5.58. The fraction of sp³-hybridized carbons (Fsp3) is 0.571. The highest BCUT2D eigenvalue weighted by Crippen LogP contribution is 2.30. The van der Waals surface area contributed by atoms with Crippen LogP contribution in [0.25, 0.3) is 0 Å². The zero-order chi connectivity index (χ0) is 14.1. The standard InChI is InChI=1S/C14H18ClN3O2/c15-12-11(14(19)20)4-5-16-13(12)18-8-2-7-17-6-1-3-10(17)9-18/h4-5,10H,1-3,6-9H2,(H,19,20). The Morgan fingerprint density at radius 3 is 2.95 bits per heavy atom. The molecule has 1 aromatic heterocycles. The number of hydrogen-bond donors (Lipinski definition) is 1. The summed E-state index contributed by atoms with van der Waals surface area (Å²) in [6.07, 6.45) is 5.04. The molecule has 0 aromatic carbocycles. The van der Waals surface area contributed by atoms with E-state index in [9.17, 15) is 4.79 Å². The van der Waals surface area contributed by atoms with Gasteiger partial charge in [-0.2, -0.15) is 0 Å². The molecule has 2 saturated heterocycles. The van der Waals surface area contributed by atoms with Crippen molar-refractivity contribution in [3.63, 3.8) is 0 Å². The third kappa shape index (κ3) is 2.47. The van der Waals surface area contributed by atoms with Gasteiger partial charge >= 0.3 is 5.97 Å². The number of aromatic carboxylic acids is 1. The van der Waals surface area contributed by atoms with Gasteiger partial charge in [-0.05, 0) is 31.9 Å². The highest BCUT2D eigenvalue weighted by molar-refractivity contribution is 6.35. The molecular formula is C14H18ClN3O2. The first kappa shape index (κ1) is 13.6. The first-order chi connectivity index (χ1) is 9.66. The number of hydrogen-bond acceptors (Lipinski definition) is 4. The summed E-state index contributed by atoms with van der Waals surface area (Å²) in [5.41, 5.74) is 0.129. The van der Waals surface area contributed by atoms with Crippen molar-refractivity contribution in [1.82, 2.24) is 9.88 Å². The van der Waals surface area contributed by atoms with Gasteiger partial charge in [0.2, 0.25) is 0 Å². The SMILES string of the molecule is O=C(O)c1ccnc(N2CCCN3CCCC3C2)c1Cl. The van der Waals surface area contributed by atoms with E-state index in [-0.39, 0.29) is 10.6 Å². The molecule has 0 aliphatic carbocycles. The molecule has 1 N–H and O–H groups in total. The second-order valence-electron chi connectivity index (χ2n) is 5.43. The summed E-state index contributed by atoms with van der Waals surface area (Å²) in [6.45, 7) is 4.05. The van der Waals surface area contributed by atoms with E-state index in [0.717, 1.165) is 26.1 Å². The minimum Gasteiger partial charge on any atom is -0.478 e. The highest BCUT2D eigenvalue weighted by atomic mass is 35.5. The summed E-state index contributed by atoms with van der Waals surface area (Å²) >= 11 is 6.23. The molecule has 0 bridgehead atoms. The van der Waals surface area contributed by atoms with Crippen LogP contribution in [0, 0.1) is 0 Å². The molecule has 0 amide bonds. The molecule has 1 atom stereocenters. The number of rotatable bonds is 2. The lowest BCUT2D eigenvalue weighted by atomic mass is 10.2. The normalized spacial score (nSPS) is 23.4. The van der Waals surface area contributed by atoms with Gasteiger partial charge in [0.15, 0.2) is 0 Å². The van der Waals surface area contributed by atoms with Crippen LogP contribution < -0.4 is 4.90 Å². The van der Waals surface area contributed by atoms with Crippen molar-refractivity contribution < 1.29 is 9.90 Å². The number of fused-ring (bicyclic) bond motifs is 1. The third-order valence-corrected chi connectivity index (χ3v) is 4.58. The molecule has 0 spiro atoms. The topological polar surface area (TPSA) is 56.7 Å². The van der Waals surface area contributed by atoms with Gasteiger partial charge in [-0.1, -0.05) is 11.6 Å². The molecular weight excluding hydrogens is 278 g/mol. The fourth-order valence-corrected chi connectivity index (χ4v) is 3.53. The van der Waals surface area contributed by atoms with E-state index in [0.29, 0.717) is 11.9 Å². The van der Waals surface area contributed by atoms with Gasteiger partial charge in [0.1, 0.15) is 5.82 Å². The van der Waals surface area contributed by atoms with Crippen LogP contribution in [0.2, 0.25) is 5.02 Å². The Hall–Kier alpha value is -1.33. The smallest absolute Gasteiger partial charge is 0.337 e. The van der Waals surface area contributed by atoms with Crippen LogP contribution in [0.5, 0.6) is 0 Å². The quantitative estimate of drug-likeness (QED) is 0.905. The monoisotopic (exact) mass is 295 g/mol. The van der Waals surface area contributed by atoms with E-state index in [2.05, 4.69) is 14.8 Å². The third-order valence-electron chi connectivity index (χ3n) is 4.20. The Bertz CT molecular complexity index is 523. The molecule has 20 heavy (non-hydrogen) atoms. The van der Waals surface area contributed by atoms with Crippen molar-refractivity contribution in [3.05, 3.63) is 22.8 Å². The Labute approximate surface area is 123 Å². The van der Waals surface area contributed by atoms with E-state index in [4.69, 9.17) is 16.7 Å². The number of anilines is 1. The molecule has 2 aliphatic rings. The predicted molar refractivity (Wildman–Crippen MR) is 77.6 cm³/mol. The number of carboxylic acids is 1. The maximum atomic E-state index is 11.2. The Balaban J connectivity index is 1.88. The van der Waals surface area contributed by atoms with E-state index < -0.39 is 5.97 Å². The minimum atomic E-state index is -1.00. The van der Waals surface area contributed by atoms with Crippen molar-refractivity contribution in [2.75, 3.05) is 31.1 Å². The summed E-state index contributed by atoms with van der Waals surface area (Å²) < 4.78 is 0. The number of carboxylic acid groups (broad SMARTS) is 1. The molecule has 2 aliphatic heterocycles. The van der Waals surface area contributed by atoms with Gasteiger partial charge in [0.25, 0.3) is 0 Å².